The summed E-state index contributed by atoms with van der Waals surface area (Å²) < 4.78 is 16.9. The van der Waals surface area contributed by atoms with Crippen molar-refractivity contribution in [3.8, 4) is 17.2 Å². The SMILES string of the molecule is Cc1ccc(Oc2ccccc2O[C@@H]2O[C@H](CO)[C@@H](O)[C@H](O)[C@H]2O)cc1. The average molecular weight is 362 g/mol. The maximum atomic E-state index is 10.1. The molecule has 5 atom stereocenters. The monoisotopic (exact) mass is 362 g/mol. The topological polar surface area (TPSA) is 109 Å². The summed E-state index contributed by atoms with van der Waals surface area (Å²) in [6.07, 6.45) is -6.73. The van der Waals surface area contributed by atoms with Crippen LogP contribution >= 0.6 is 0 Å². The molecule has 1 fully saturated rings. The highest BCUT2D eigenvalue weighted by atomic mass is 16.7. The van der Waals surface area contributed by atoms with Crippen molar-refractivity contribution < 1.29 is 34.6 Å². The highest BCUT2D eigenvalue weighted by Gasteiger charge is 2.44. The molecule has 2 aromatic rings. The first kappa shape index (κ1) is 18.6. The molecule has 3 rings (SSSR count). The number of aryl methyl sites for hydroxylation is 1. The van der Waals surface area contributed by atoms with Crippen LogP contribution in [0.1, 0.15) is 5.56 Å². The average Bonchev–Trinajstić information content (AvgIpc) is 2.65. The van der Waals surface area contributed by atoms with Gasteiger partial charge in [0.05, 0.1) is 6.61 Å². The summed E-state index contributed by atoms with van der Waals surface area (Å²) in [5.41, 5.74) is 1.10. The minimum absolute atomic E-state index is 0.289. The van der Waals surface area contributed by atoms with E-state index in [1.54, 1.807) is 24.3 Å². The van der Waals surface area contributed by atoms with Gasteiger partial charge in [-0.25, -0.2) is 0 Å². The first-order chi connectivity index (χ1) is 12.5. The van der Waals surface area contributed by atoms with Gasteiger partial charge in [0.25, 0.3) is 0 Å². The zero-order valence-corrected chi connectivity index (χ0v) is 14.2. The summed E-state index contributed by atoms with van der Waals surface area (Å²) in [6.45, 7) is 1.45. The van der Waals surface area contributed by atoms with Gasteiger partial charge in [0.1, 0.15) is 30.2 Å². The van der Waals surface area contributed by atoms with E-state index in [9.17, 15) is 20.4 Å². The number of ether oxygens (including phenoxy) is 3. The Morgan fingerprint density at radius 2 is 1.54 bits per heavy atom. The van der Waals surface area contributed by atoms with Gasteiger partial charge in [-0.15, -0.1) is 0 Å². The van der Waals surface area contributed by atoms with Crippen LogP contribution in [-0.4, -0.2) is 57.7 Å². The molecule has 0 unspecified atom stereocenters. The van der Waals surface area contributed by atoms with Crippen LogP contribution in [0.25, 0.3) is 0 Å². The molecule has 1 aliphatic rings. The van der Waals surface area contributed by atoms with E-state index in [-0.39, 0.29) is 5.75 Å². The summed E-state index contributed by atoms with van der Waals surface area (Å²) in [5.74, 6) is 1.30. The van der Waals surface area contributed by atoms with Crippen LogP contribution in [0.4, 0.5) is 0 Å². The van der Waals surface area contributed by atoms with Crippen LogP contribution in [-0.2, 0) is 4.74 Å². The van der Waals surface area contributed by atoms with E-state index < -0.39 is 37.3 Å². The van der Waals surface area contributed by atoms with Gasteiger partial charge in [0.15, 0.2) is 11.5 Å². The summed E-state index contributed by atoms with van der Waals surface area (Å²) in [6, 6.07) is 14.3. The van der Waals surface area contributed by atoms with Gasteiger partial charge in [0.2, 0.25) is 6.29 Å². The summed E-state index contributed by atoms with van der Waals surface area (Å²) in [7, 11) is 0. The van der Waals surface area contributed by atoms with Crippen LogP contribution in [0.3, 0.4) is 0 Å². The van der Waals surface area contributed by atoms with Gasteiger partial charge in [-0.05, 0) is 31.2 Å². The van der Waals surface area contributed by atoms with Crippen molar-refractivity contribution >= 4 is 0 Å². The largest absolute Gasteiger partial charge is 0.458 e. The van der Waals surface area contributed by atoms with Crippen molar-refractivity contribution in [2.75, 3.05) is 6.61 Å². The van der Waals surface area contributed by atoms with E-state index in [1.807, 2.05) is 31.2 Å². The van der Waals surface area contributed by atoms with Crippen molar-refractivity contribution in [3.05, 3.63) is 54.1 Å². The predicted molar refractivity (Wildman–Crippen MR) is 92.1 cm³/mol. The number of aliphatic hydroxyl groups is 4. The molecule has 2 aromatic carbocycles. The fourth-order valence-electron chi connectivity index (χ4n) is 2.65. The molecular formula is C19H22O7. The molecule has 0 radical (unpaired) electrons. The molecular weight excluding hydrogens is 340 g/mol. The lowest BCUT2D eigenvalue weighted by Gasteiger charge is -2.39. The highest BCUT2D eigenvalue weighted by molar-refractivity contribution is 5.43. The fourth-order valence-corrected chi connectivity index (χ4v) is 2.65. The molecule has 0 spiro atoms. The molecule has 26 heavy (non-hydrogen) atoms. The highest BCUT2D eigenvalue weighted by Crippen LogP contribution is 2.34. The molecule has 0 aliphatic carbocycles. The van der Waals surface area contributed by atoms with Crippen molar-refractivity contribution in [3.63, 3.8) is 0 Å². The normalized spacial score (nSPS) is 28.6. The van der Waals surface area contributed by atoms with Crippen molar-refractivity contribution in [1.29, 1.82) is 0 Å². The number of aliphatic hydroxyl groups excluding tert-OH is 4. The van der Waals surface area contributed by atoms with Crippen molar-refractivity contribution in [1.82, 2.24) is 0 Å². The Morgan fingerprint density at radius 3 is 2.19 bits per heavy atom. The number of benzene rings is 2. The van der Waals surface area contributed by atoms with Crippen molar-refractivity contribution in [2.45, 2.75) is 37.6 Å². The van der Waals surface area contributed by atoms with Gasteiger partial charge >= 0.3 is 0 Å². The number of hydrogen-bond donors (Lipinski definition) is 4. The predicted octanol–water partition coefficient (Wildman–Crippen LogP) is 0.966. The molecule has 0 bridgehead atoms. The summed E-state index contributed by atoms with van der Waals surface area (Å²) in [5, 5.41) is 39.1. The Balaban J connectivity index is 1.78. The zero-order valence-electron chi connectivity index (χ0n) is 14.2. The van der Waals surface area contributed by atoms with E-state index in [0.29, 0.717) is 11.5 Å². The lowest BCUT2D eigenvalue weighted by molar-refractivity contribution is -0.277. The molecule has 7 nitrogen and oxygen atoms in total. The van der Waals surface area contributed by atoms with E-state index in [4.69, 9.17) is 14.2 Å². The van der Waals surface area contributed by atoms with E-state index in [0.717, 1.165) is 5.56 Å². The third-order valence-corrected chi connectivity index (χ3v) is 4.19. The first-order valence-electron chi connectivity index (χ1n) is 8.30. The van der Waals surface area contributed by atoms with Crippen LogP contribution in [0.15, 0.2) is 48.5 Å². The second kappa shape index (κ2) is 8.03. The Hall–Kier alpha value is -2.16. The van der Waals surface area contributed by atoms with Gasteiger partial charge in [-0.3, -0.25) is 0 Å². The molecule has 1 aliphatic heterocycles. The quantitative estimate of drug-likeness (QED) is 0.627. The maximum Gasteiger partial charge on any atom is 0.229 e. The minimum atomic E-state index is -1.50. The van der Waals surface area contributed by atoms with Gasteiger partial charge in [-0.2, -0.15) is 0 Å². The van der Waals surface area contributed by atoms with Crippen LogP contribution in [0.5, 0.6) is 17.2 Å². The smallest absolute Gasteiger partial charge is 0.229 e. The standard InChI is InChI=1S/C19H22O7/c1-11-6-8-12(9-7-11)24-13-4-2-3-5-14(13)25-19-18(23)17(22)16(21)15(10-20)26-19/h2-9,15-23H,10H2,1H3/t15-,16-,17+,18-,19-/m1/s1. The van der Waals surface area contributed by atoms with E-state index in [2.05, 4.69) is 0 Å². The summed E-state index contributed by atoms with van der Waals surface area (Å²) in [4.78, 5) is 0. The summed E-state index contributed by atoms with van der Waals surface area (Å²) >= 11 is 0. The Bertz CT molecular complexity index is 716. The molecule has 1 saturated heterocycles. The second-order valence-corrected chi connectivity index (χ2v) is 6.18. The first-order valence-corrected chi connectivity index (χ1v) is 8.30. The number of hydrogen-bond acceptors (Lipinski definition) is 7. The number of para-hydroxylation sites is 2. The molecule has 0 amide bonds. The van der Waals surface area contributed by atoms with Crippen molar-refractivity contribution in [2.24, 2.45) is 0 Å². The third kappa shape index (κ3) is 3.98. The van der Waals surface area contributed by atoms with Crippen LogP contribution in [0.2, 0.25) is 0 Å². The fraction of sp³-hybridized carbons (Fsp3) is 0.368. The zero-order chi connectivity index (χ0) is 18.7. The van der Waals surface area contributed by atoms with Gasteiger partial charge < -0.3 is 34.6 Å². The molecule has 4 N–H and O–H groups in total. The van der Waals surface area contributed by atoms with E-state index in [1.165, 1.54) is 0 Å². The third-order valence-electron chi connectivity index (χ3n) is 4.19. The molecule has 1 heterocycles. The Kier molecular flexibility index (Phi) is 5.75. The lowest BCUT2D eigenvalue weighted by atomic mass is 9.99. The van der Waals surface area contributed by atoms with Gasteiger partial charge in [0, 0.05) is 0 Å². The Labute approximate surface area is 151 Å². The molecule has 7 heteroatoms. The molecule has 0 aromatic heterocycles. The Morgan fingerprint density at radius 1 is 0.885 bits per heavy atom. The van der Waals surface area contributed by atoms with E-state index >= 15 is 0 Å². The molecule has 140 valence electrons. The van der Waals surface area contributed by atoms with Gasteiger partial charge in [-0.1, -0.05) is 29.8 Å². The molecule has 0 saturated carbocycles. The van der Waals surface area contributed by atoms with Crippen LogP contribution < -0.4 is 9.47 Å². The second-order valence-electron chi connectivity index (χ2n) is 6.18. The lowest BCUT2D eigenvalue weighted by Crippen LogP contribution is -2.60. The number of rotatable bonds is 5. The maximum absolute atomic E-state index is 10.1. The minimum Gasteiger partial charge on any atom is -0.458 e. The van der Waals surface area contributed by atoms with Crippen LogP contribution in [0, 0.1) is 6.92 Å².